The van der Waals surface area contributed by atoms with Gasteiger partial charge in [0, 0.05) is 11.0 Å². The largest absolute Gasteiger partial charge is 0.392 e. The molecule has 0 bridgehead atoms. The van der Waals surface area contributed by atoms with Crippen LogP contribution in [0.2, 0.25) is 0 Å². The monoisotopic (exact) mass is 268 g/mol. The Morgan fingerprint density at radius 1 is 1.39 bits per heavy atom. The highest BCUT2D eigenvalue weighted by Crippen LogP contribution is 2.26. The summed E-state index contributed by atoms with van der Waals surface area (Å²) in [6.45, 7) is 3.60. The predicted octanol–water partition coefficient (Wildman–Crippen LogP) is 0.828. The van der Waals surface area contributed by atoms with Gasteiger partial charge in [-0.1, -0.05) is 37.3 Å². The Morgan fingerprint density at radius 3 is 2.39 bits per heavy atom. The average Bonchev–Trinajstić information content (AvgIpc) is 2.36. The van der Waals surface area contributed by atoms with E-state index in [0.29, 0.717) is 11.3 Å². The molecule has 3 atom stereocenters. The van der Waals surface area contributed by atoms with Gasteiger partial charge in [0.05, 0.1) is 6.10 Å². The van der Waals surface area contributed by atoms with Crippen molar-refractivity contribution in [3.05, 3.63) is 35.9 Å². The number of carbonyl (C=O) groups excluding carboxylic acids is 1. The van der Waals surface area contributed by atoms with E-state index in [4.69, 9.17) is 11.5 Å². The van der Waals surface area contributed by atoms with Gasteiger partial charge in [-0.15, -0.1) is 0 Å². The van der Waals surface area contributed by atoms with Gasteiger partial charge in [0.25, 0.3) is 0 Å². The predicted molar refractivity (Wildman–Crippen MR) is 75.1 cm³/mol. The van der Waals surface area contributed by atoms with E-state index in [9.17, 15) is 9.90 Å². The number of benzene rings is 1. The molecule has 3 unspecified atom stereocenters. The Bertz CT molecular complexity index is 397. The van der Waals surface area contributed by atoms with E-state index in [2.05, 4.69) is 0 Å². The molecule has 1 aromatic carbocycles. The molecule has 0 fully saturated rings. The molecule has 1 aromatic rings. The maximum Gasteiger partial charge on any atom is 0.242 e. The van der Waals surface area contributed by atoms with E-state index in [1.54, 1.807) is 19.1 Å². The maximum absolute atomic E-state index is 11.6. The molecule has 5 heteroatoms. The zero-order valence-electron chi connectivity index (χ0n) is 10.7. The summed E-state index contributed by atoms with van der Waals surface area (Å²) in [4.78, 5) is 11.6. The lowest BCUT2D eigenvalue weighted by molar-refractivity contribution is -0.122. The van der Waals surface area contributed by atoms with Crippen molar-refractivity contribution < 1.29 is 9.90 Å². The van der Waals surface area contributed by atoms with Crippen molar-refractivity contribution in [3.8, 4) is 0 Å². The highest BCUT2D eigenvalue weighted by molar-refractivity contribution is 8.00. The molecule has 100 valence electrons. The summed E-state index contributed by atoms with van der Waals surface area (Å²) >= 11 is 1.44. The first-order chi connectivity index (χ1) is 8.38. The van der Waals surface area contributed by atoms with Gasteiger partial charge in [0.2, 0.25) is 5.91 Å². The van der Waals surface area contributed by atoms with Crippen LogP contribution in [0.5, 0.6) is 0 Å². The molecular weight excluding hydrogens is 248 g/mol. The quantitative estimate of drug-likeness (QED) is 0.713. The molecule has 4 nitrogen and oxygen atoms in total. The van der Waals surface area contributed by atoms with Crippen LogP contribution < -0.4 is 11.5 Å². The van der Waals surface area contributed by atoms with Gasteiger partial charge in [-0.3, -0.25) is 4.79 Å². The van der Waals surface area contributed by atoms with Crippen molar-refractivity contribution in [2.75, 3.05) is 5.75 Å². The van der Waals surface area contributed by atoms with Crippen molar-refractivity contribution >= 4 is 17.7 Å². The van der Waals surface area contributed by atoms with Gasteiger partial charge in [-0.2, -0.15) is 11.8 Å². The number of hydrogen-bond acceptors (Lipinski definition) is 4. The van der Waals surface area contributed by atoms with Crippen LogP contribution in [0.15, 0.2) is 30.3 Å². The fraction of sp³-hybridized carbons (Fsp3) is 0.462. The molecule has 0 aliphatic rings. The van der Waals surface area contributed by atoms with Crippen LogP contribution in [0.3, 0.4) is 0 Å². The molecule has 0 spiro atoms. The fourth-order valence-corrected chi connectivity index (χ4v) is 2.55. The van der Waals surface area contributed by atoms with E-state index in [0.717, 1.165) is 0 Å². The third-order valence-corrected chi connectivity index (χ3v) is 4.52. The van der Waals surface area contributed by atoms with Gasteiger partial charge >= 0.3 is 0 Å². The molecule has 1 amide bonds. The van der Waals surface area contributed by atoms with Crippen molar-refractivity contribution in [2.45, 2.75) is 30.7 Å². The summed E-state index contributed by atoms with van der Waals surface area (Å²) in [5.74, 6) is -0.211. The van der Waals surface area contributed by atoms with Crippen molar-refractivity contribution in [2.24, 2.45) is 11.5 Å². The summed E-state index contributed by atoms with van der Waals surface area (Å²) in [6, 6.07) is 9.08. The van der Waals surface area contributed by atoms with Crippen LogP contribution in [-0.2, 0) is 10.3 Å². The number of amides is 1. The number of primary amides is 1. The molecule has 1 rings (SSSR count). The average molecular weight is 268 g/mol. The van der Waals surface area contributed by atoms with Gasteiger partial charge in [0.1, 0.15) is 5.54 Å². The van der Waals surface area contributed by atoms with Crippen LogP contribution in [0.4, 0.5) is 0 Å². The molecule has 0 aliphatic heterocycles. The minimum Gasteiger partial charge on any atom is -0.392 e. The number of rotatable bonds is 6. The Hall–Kier alpha value is -1.04. The maximum atomic E-state index is 11.6. The summed E-state index contributed by atoms with van der Waals surface area (Å²) < 4.78 is 0. The lowest BCUT2D eigenvalue weighted by Crippen LogP contribution is -2.51. The highest BCUT2D eigenvalue weighted by Gasteiger charge is 2.34. The van der Waals surface area contributed by atoms with Gasteiger partial charge < -0.3 is 16.6 Å². The summed E-state index contributed by atoms with van der Waals surface area (Å²) in [7, 11) is 0. The number of aliphatic hydroxyl groups is 1. The lowest BCUT2D eigenvalue weighted by Gasteiger charge is -2.28. The van der Waals surface area contributed by atoms with Crippen molar-refractivity contribution in [3.63, 3.8) is 0 Å². The lowest BCUT2D eigenvalue weighted by atomic mass is 9.92. The molecular formula is C13H20N2O2S. The van der Waals surface area contributed by atoms with E-state index < -0.39 is 17.6 Å². The molecule has 0 aliphatic carbocycles. The first-order valence-electron chi connectivity index (χ1n) is 5.82. The summed E-state index contributed by atoms with van der Waals surface area (Å²) in [5, 5.41) is 9.45. The Labute approximate surface area is 112 Å². The van der Waals surface area contributed by atoms with E-state index >= 15 is 0 Å². The SMILES string of the molecule is CC(O)C(C)SCC(N)(C(N)=O)c1ccccc1. The van der Waals surface area contributed by atoms with Crippen molar-refractivity contribution in [1.29, 1.82) is 0 Å². The van der Waals surface area contributed by atoms with Gasteiger partial charge in [-0.05, 0) is 12.5 Å². The Balaban J connectivity index is 2.86. The number of thioether (sulfide) groups is 1. The molecule has 0 aromatic heterocycles. The third-order valence-electron chi connectivity index (χ3n) is 2.98. The van der Waals surface area contributed by atoms with Crippen molar-refractivity contribution in [1.82, 2.24) is 0 Å². The normalized spacial score (nSPS) is 17.8. The van der Waals surface area contributed by atoms with Crippen LogP contribution in [-0.4, -0.2) is 28.1 Å². The zero-order chi connectivity index (χ0) is 13.8. The highest BCUT2D eigenvalue weighted by atomic mass is 32.2. The molecule has 0 radical (unpaired) electrons. The second kappa shape index (κ2) is 6.22. The van der Waals surface area contributed by atoms with Crippen LogP contribution in [0, 0.1) is 0 Å². The first kappa shape index (κ1) is 15.0. The molecule has 0 saturated heterocycles. The number of nitrogens with two attached hydrogens (primary N) is 2. The topological polar surface area (TPSA) is 89.3 Å². The summed E-state index contributed by atoms with van der Waals surface area (Å²) in [5.41, 5.74) is 11.1. The first-order valence-corrected chi connectivity index (χ1v) is 6.87. The number of carbonyl (C=O) groups is 1. The van der Waals surface area contributed by atoms with Gasteiger partial charge in [-0.25, -0.2) is 0 Å². The van der Waals surface area contributed by atoms with Crippen LogP contribution >= 0.6 is 11.8 Å². The number of hydrogen-bond donors (Lipinski definition) is 3. The van der Waals surface area contributed by atoms with E-state index in [1.807, 2.05) is 25.1 Å². The smallest absolute Gasteiger partial charge is 0.242 e. The molecule has 0 heterocycles. The van der Waals surface area contributed by atoms with Crippen LogP contribution in [0.1, 0.15) is 19.4 Å². The Morgan fingerprint density at radius 2 is 1.94 bits per heavy atom. The van der Waals surface area contributed by atoms with E-state index in [-0.39, 0.29) is 5.25 Å². The van der Waals surface area contributed by atoms with Crippen LogP contribution in [0.25, 0.3) is 0 Å². The minimum absolute atomic E-state index is 0.00372. The van der Waals surface area contributed by atoms with Gasteiger partial charge in [0.15, 0.2) is 0 Å². The molecule has 18 heavy (non-hydrogen) atoms. The minimum atomic E-state index is -1.20. The standard InChI is InChI=1S/C13H20N2O2S/c1-9(16)10(2)18-8-13(15,12(14)17)11-6-4-3-5-7-11/h3-7,9-10,16H,8,15H2,1-2H3,(H2,14,17). The Kier molecular flexibility index (Phi) is 5.19. The second-order valence-electron chi connectivity index (χ2n) is 4.46. The molecule has 5 N–H and O–H groups in total. The number of aliphatic hydroxyl groups excluding tert-OH is 1. The zero-order valence-corrected chi connectivity index (χ0v) is 11.5. The third kappa shape index (κ3) is 3.48. The fourth-order valence-electron chi connectivity index (χ4n) is 1.43. The molecule has 0 saturated carbocycles. The second-order valence-corrected chi connectivity index (χ2v) is 5.82. The van der Waals surface area contributed by atoms with E-state index in [1.165, 1.54) is 11.8 Å². The summed E-state index contributed by atoms with van der Waals surface area (Å²) in [6.07, 6.45) is -0.456.